The fraction of sp³-hybridized carbons (Fsp3) is 0.458. The Hall–Kier alpha value is -1.97. The van der Waals surface area contributed by atoms with E-state index in [1.807, 2.05) is 0 Å². The molecular weight excluding hydrogens is 332 g/mol. The lowest BCUT2D eigenvalue weighted by Gasteiger charge is -2.25. The summed E-state index contributed by atoms with van der Waals surface area (Å²) in [7, 11) is 0. The van der Waals surface area contributed by atoms with Gasteiger partial charge in [0.1, 0.15) is 0 Å². The number of hydrogen-bond donors (Lipinski definition) is 1. The molecule has 0 amide bonds. The molecule has 3 heterocycles. The Kier molecular flexibility index (Phi) is 3.42. The molecule has 3 aliphatic heterocycles. The normalized spacial score (nSPS) is 27.0. The lowest BCUT2D eigenvalue weighted by molar-refractivity contribution is 0.109. The van der Waals surface area contributed by atoms with Crippen LogP contribution in [0.15, 0.2) is 35.3 Å². The van der Waals surface area contributed by atoms with Crippen LogP contribution in [0.25, 0.3) is 11.1 Å². The first kappa shape index (κ1) is 16.0. The van der Waals surface area contributed by atoms with Crippen LogP contribution in [0.2, 0.25) is 0 Å². The molecule has 2 fully saturated rings. The van der Waals surface area contributed by atoms with Gasteiger partial charge in [-0.3, -0.25) is 4.99 Å². The molecule has 1 saturated heterocycles. The summed E-state index contributed by atoms with van der Waals surface area (Å²) in [6.45, 7) is 5.02. The van der Waals surface area contributed by atoms with Gasteiger partial charge in [-0.1, -0.05) is 19.1 Å². The van der Waals surface area contributed by atoms with Crippen molar-refractivity contribution in [1.29, 1.82) is 0 Å². The zero-order valence-electron chi connectivity index (χ0n) is 15.9. The van der Waals surface area contributed by atoms with Crippen molar-refractivity contribution in [3.63, 3.8) is 0 Å². The maximum Gasteiger partial charge on any atom is 0.0722 e. The average Bonchev–Trinajstić information content (AvgIpc) is 3.17. The smallest absolute Gasteiger partial charge is 0.0722 e. The molecule has 1 aliphatic carbocycles. The monoisotopic (exact) mass is 358 g/mol. The van der Waals surface area contributed by atoms with Gasteiger partial charge in [-0.05, 0) is 82.7 Å². The van der Waals surface area contributed by atoms with Gasteiger partial charge in [0.2, 0.25) is 0 Å². The summed E-state index contributed by atoms with van der Waals surface area (Å²) in [5.41, 5.74) is 10.2. The van der Waals surface area contributed by atoms with Crippen LogP contribution < -0.4 is 5.32 Å². The van der Waals surface area contributed by atoms with Gasteiger partial charge < -0.3 is 10.1 Å². The molecule has 2 aromatic rings. The van der Waals surface area contributed by atoms with E-state index in [1.165, 1.54) is 59.2 Å². The van der Waals surface area contributed by atoms with Crippen LogP contribution in [0, 0.1) is 5.41 Å². The van der Waals surface area contributed by atoms with Crippen LogP contribution in [-0.2, 0) is 17.8 Å². The number of ether oxygens (including phenoxy) is 1. The fourth-order valence-corrected chi connectivity index (χ4v) is 5.17. The minimum atomic E-state index is 0.414. The van der Waals surface area contributed by atoms with Gasteiger partial charge in [-0.15, -0.1) is 0 Å². The number of fused-ring (bicyclic) bond motifs is 2. The lowest BCUT2D eigenvalue weighted by Crippen LogP contribution is -2.19. The molecular formula is C24H26N2O. The van der Waals surface area contributed by atoms with E-state index in [-0.39, 0.29) is 0 Å². The van der Waals surface area contributed by atoms with Crippen molar-refractivity contribution in [2.75, 3.05) is 13.2 Å². The van der Waals surface area contributed by atoms with Crippen molar-refractivity contribution < 1.29 is 4.74 Å². The maximum absolute atomic E-state index is 5.84. The van der Waals surface area contributed by atoms with Crippen molar-refractivity contribution in [3.05, 3.63) is 52.6 Å². The molecule has 0 bridgehead atoms. The second kappa shape index (κ2) is 5.76. The second-order valence-electron chi connectivity index (χ2n) is 8.98. The third-order valence-electron chi connectivity index (χ3n) is 7.12. The molecule has 2 aromatic carbocycles. The molecule has 2 unspecified atom stereocenters. The van der Waals surface area contributed by atoms with Crippen molar-refractivity contribution in [1.82, 2.24) is 5.32 Å². The van der Waals surface area contributed by atoms with Crippen LogP contribution in [0.1, 0.15) is 60.4 Å². The van der Waals surface area contributed by atoms with Gasteiger partial charge in [-0.25, -0.2) is 0 Å². The topological polar surface area (TPSA) is 33.6 Å². The van der Waals surface area contributed by atoms with Crippen LogP contribution in [-0.4, -0.2) is 19.4 Å². The number of nitrogens with zero attached hydrogens (tertiary/aromatic N) is 1. The predicted molar refractivity (Wildman–Crippen MR) is 109 cm³/mol. The SMILES string of the molecule is CC1C=Nc2ccc(-c3cc4c(c(C5CC6(CC6)CN5)c3)COCC4)cc21. The Morgan fingerprint density at radius 2 is 2.00 bits per heavy atom. The third-order valence-corrected chi connectivity index (χ3v) is 7.12. The Labute approximate surface area is 160 Å². The molecule has 1 spiro atoms. The van der Waals surface area contributed by atoms with E-state index in [9.17, 15) is 0 Å². The van der Waals surface area contributed by atoms with Crippen LogP contribution in [0.4, 0.5) is 5.69 Å². The highest BCUT2D eigenvalue weighted by Crippen LogP contribution is 2.55. The number of nitrogens with one attached hydrogen (secondary N) is 1. The van der Waals surface area contributed by atoms with E-state index in [4.69, 9.17) is 4.74 Å². The van der Waals surface area contributed by atoms with Crippen LogP contribution in [0.3, 0.4) is 0 Å². The molecule has 1 N–H and O–H groups in total. The van der Waals surface area contributed by atoms with Gasteiger partial charge in [0.05, 0.1) is 18.9 Å². The minimum absolute atomic E-state index is 0.414. The van der Waals surface area contributed by atoms with Crippen molar-refractivity contribution >= 4 is 11.9 Å². The Morgan fingerprint density at radius 3 is 2.85 bits per heavy atom. The Morgan fingerprint density at radius 1 is 1.11 bits per heavy atom. The predicted octanol–water partition coefficient (Wildman–Crippen LogP) is 5.06. The highest BCUT2D eigenvalue weighted by molar-refractivity contribution is 5.82. The molecule has 4 aliphatic rings. The van der Waals surface area contributed by atoms with E-state index in [2.05, 4.69) is 53.8 Å². The first-order chi connectivity index (χ1) is 13.2. The highest BCUT2D eigenvalue weighted by atomic mass is 16.5. The van der Waals surface area contributed by atoms with E-state index in [1.54, 1.807) is 0 Å². The van der Waals surface area contributed by atoms with Crippen molar-refractivity contribution in [2.45, 2.75) is 51.2 Å². The van der Waals surface area contributed by atoms with Gasteiger partial charge in [0.15, 0.2) is 0 Å². The van der Waals surface area contributed by atoms with E-state index >= 15 is 0 Å². The van der Waals surface area contributed by atoms with Gasteiger partial charge in [0, 0.05) is 24.7 Å². The zero-order valence-corrected chi connectivity index (χ0v) is 15.9. The summed E-state index contributed by atoms with van der Waals surface area (Å²) < 4.78 is 5.84. The number of aliphatic imine (C=N–C) groups is 1. The van der Waals surface area contributed by atoms with Gasteiger partial charge >= 0.3 is 0 Å². The van der Waals surface area contributed by atoms with Crippen molar-refractivity contribution in [2.24, 2.45) is 10.4 Å². The van der Waals surface area contributed by atoms with E-state index < -0.39 is 0 Å². The molecule has 3 nitrogen and oxygen atoms in total. The summed E-state index contributed by atoms with van der Waals surface area (Å²) in [5, 5.41) is 3.83. The summed E-state index contributed by atoms with van der Waals surface area (Å²) in [6, 6.07) is 12.1. The quantitative estimate of drug-likeness (QED) is 0.814. The van der Waals surface area contributed by atoms with Gasteiger partial charge in [-0.2, -0.15) is 0 Å². The second-order valence-corrected chi connectivity index (χ2v) is 8.98. The fourth-order valence-electron chi connectivity index (χ4n) is 5.17. The Bertz CT molecular complexity index is 957. The third kappa shape index (κ3) is 2.60. The summed E-state index contributed by atoms with van der Waals surface area (Å²) in [4.78, 5) is 4.54. The maximum atomic E-state index is 5.84. The standard InChI is InChI=1S/C24H26N2O/c1-15-12-25-22-3-2-16(9-19(15)22)18-8-17-4-7-27-13-21(17)20(10-18)23-11-24(5-6-24)14-26-23/h2-3,8-10,12,15,23,26H,4-7,11,13-14H2,1H3. The first-order valence-corrected chi connectivity index (χ1v) is 10.4. The summed E-state index contributed by atoms with van der Waals surface area (Å²) >= 11 is 0. The zero-order chi connectivity index (χ0) is 18.0. The largest absolute Gasteiger partial charge is 0.376 e. The summed E-state index contributed by atoms with van der Waals surface area (Å²) in [5.74, 6) is 0.414. The molecule has 3 heteroatoms. The molecule has 1 saturated carbocycles. The lowest BCUT2D eigenvalue weighted by atomic mass is 9.86. The van der Waals surface area contributed by atoms with Crippen LogP contribution >= 0.6 is 0 Å². The number of hydrogen-bond acceptors (Lipinski definition) is 3. The molecule has 0 aromatic heterocycles. The van der Waals surface area contributed by atoms with Gasteiger partial charge in [0.25, 0.3) is 0 Å². The molecule has 138 valence electrons. The van der Waals surface area contributed by atoms with Crippen LogP contribution in [0.5, 0.6) is 0 Å². The van der Waals surface area contributed by atoms with E-state index in [0.29, 0.717) is 17.4 Å². The average molecular weight is 358 g/mol. The summed E-state index contributed by atoms with van der Waals surface area (Å²) in [6.07, 6.45) is 7.17. The number of benzene rings is 2. The first-order valence-electron chi connectivity index (χ1n) is 10.4. The highest BCUT2D eigenvalue weighted by Gasteiger charge is 2.48. The molecule has 2 atom stereocenters. The van der Waals surface area contributed by atoms with E-state index in [0.717, 1.165) is 25.3 Å². The Balaban J connectivity index is 1.45. The molecule has 6 rings (SSSR count). The number of rotatable bonds is 2. The molecule has 0 radical (unpaired) electrons. The minimum Gasteiger partial charge on any atom is -0.376 e. The molecule has 27 heavy (non-hydrogen) atoms. The van der Waals surface area contributed by atoms with Crippen molar-refractivity contribution in [3.8, 4) is 11.1 Å².